The van der Waals surface area contributed by atoms with Crippen LogP contribution in [0.4, 0.5) is 0 Å². The number of rotatable bonds is 8. The largest absolute Gasteiger partial charge is 0.394 e. The average Bonchev–Trinajstić information content (AvgIpc) is 2.32. The first-order valence-corrected chi connectivity index (χ1v) is 5.63. The first kappa shape index (κ1) is 17.4. The summed E-state index contributed by atoms with van der Waals surface area (Å²) in [6, 6.07) is 0. The molecule has 0 unspecified atom stereocenters. The molecule has 18 heavy (non-hydrogen) atoms. The molecule has 0 rings (SSSR count). The van der Waals surface area contributed by atoms with Crippen LogP contribution in [-0.4, -0.2) is 82.5 Å². The van der Waals surface area contributed by atoms with Crippen molar-refractivity contribution < 1.29 is 30.0 Å². The third-order valence-electron chi connectivity index (χ3n) is 2.90. The van der Waals surface area contributed by atoms with Crippen molar-refractivity contribution in [1.29, 1.82) is 0 Å². The van der Waals surface area contributed by atoms with Gasteiger partial charge in [-0.15, -0.1) is 0 Å². The number of carbonyl (C=O) groups excluding carboxylic acids is 1. The standard InChI is InChI=1S/C11H23NO6/c1-11(2,12(3)4)18-8(6-14)10(17)9(16)7(15)5-13/h6-10,13,15-17H,5H2,1-4H3/t7-,8+,9-,10-/m1/s1. The molecule has 0 aromatic rings. The predicted octanol–water partition coefficient (Wildman–Crippen LogP) is -2.06. The lowest BCUT2D eigenvalue weighted by molar-refractivity contribution is -0.196. The molecule has 108 valence electrons. The summed E-state index contributed by atoms with van der Waals surface area (Å²) >= 11 is 0. The number of hydrogen-bond donors (Lipinski definition) is 4. The molecule has 0 saturated heterocycles. The van der Waals surface area contributed by atoms with Gasteiger partial charge in [-0.25, -0.2) is 0 Å². The molecule has 0 aliphatic carbocycles. The van der Waals surface area contributed by atoms with Gasteiger partial charge in [-0.05, 0) is 27.9 Å². The van der Waals surface area contributed by atoms with Crippen molar-refractivity contribution in [3.8, 4) is 0 Å². The van der Waals surface area contributed by atoms with Gasteiger partial charge in [0, 0.05) is 0 Å². The Bertz CT molecular complexity index is 258. The molecule has 0 saturated carbocycles. The van der Waals surface area contributed by atoms with E-state index >= 15 is 0 Å². The monoisotopic (exact) mass is 265 g/mol. The average molecular weight is 265 g/mol. The Hall–Kier alpha value is -0.570. The highest BCUT2D eigenvalue weighted by Crippen LogP contribution is 2.17. The molecule has 0 heterocycles. The summed E-state index contributed by atoms with van der Waals surface area (Å²) in [4.78, 5) is 12.6. The second-order valence-electron chi connectivity index (χ2n) is 4.79. The molecule has 7 heteroatoms. The van der Waals surface area contributed by atoms with Crippen LogP contribution >= 0.6 is 0 Å². The summed E-state index contributed by atoms with van der Waals surface area (Å²) in [6.07, 6.45) is -5.78. The Balaban J connectivity index is 4.73. The fourth-order valence-electron chi connectivity index (χ4n) is 1.15. The SMILES string of the molecule is CN(C)C(C)(C)O[C@@H](C=O)[C@@H](O)[C@H](O)[C@H](O)CO. The lowest BCUT2D eigenvalue weighted by Crippen LogP contribution is -2.52. The molecule has 0 fully saturated rings. The minimum absolute atomic E-state index is 0.350. The number of carbonyl (C=O) groups is 1. The molecular weight excluding hydrogens is 242 g/mol. The van der Waals surface area contributed by atoms with Gasteiger partial charge in [0.25, 0.3) is 0 Å². The topological polar surface area (TPSA) is 110 Å². The quantitative estimate of drug-likeness (QED) is 0.295. The molecule has 0 radical (unpaired) electrons. The van der Waals surface area contributed by atoms with Crippen molar-refractivity contribution in [1.82, 2.24) is 4.90 Å². The number of aliphatic hydroxyl groups is 4. The highest BCUT2D eigenvalue weighted by atomic mass is 16.5. The predicted molar refractivity (Wildman–Crippen MR) is 63.8 cm³/mol. The number of hydrogen-bond acceptors (Lipinski definition) is 7. The van der Waals surface area contributed by atoms with Gasteiger partial charge in [-0.2, -0.15) is 0 Å². The summed E-state index contributed by atoms with van der Waals surface area (Å²) < 4.78 is 5.38. The molecule has 4 N–H and O–H groups in total. The zero-order valence-corrected chi connectivity index (χ0v) is 11.1. The minimum Gasteiger partial charge on any atom is -0.394 e. The zero-order chi connectivity index (χ0) is 14.5. The third kappa shape index (κ3) is 4.60. The maximum absolute atomic E-state index is 10.9. The van der Waals surface area contributed by atoms with E-state index in [1.165, 1.54) is 0 Å². The maximum atomic E-state index is 10.9. The van der Waals surface area contributed by atoms with Crippen LogP contribution in [0.2, 0.25) is 0 Å². The molecule has 4 atom stereocenters. The van der Waals surface area contributed by atoms with Gasteiger partial charge in [0.05, 0.1) is 6.61 Å². The molecule has 0 aliphatic heterocycles. The van der Waals surface area contributed by atoms with Gasteiger partial charge in [-0.1, -0.05) is 0 Å². The first-order chi connectivity index (χ1) is 8.17. The van der Waals surface area contributed by atoms with Gasteiger partial charge in [0.15, 0.2) is 6.29 Å². The number of aldehydes is 1. The third-order valence-corrected chi connectivity index (χ3v) is 2.90. The second kappa shape index (κ2) is 7.13. The molecule has 0 spiro atoms. The van der Waals surface area contributed by atoms with E-state index in [1.54, 1.807) is 32.8 Å². The first-order valence-electron chi connectivity index (χ1n) is 5.63. The number of ether oxygens (including phenoxy) is 1. The summed E-state index contributed by atoms with van der Waals surface area (Å²) in [7, 11) is 3.46. The van der Waals surface area contributed by atoms with Crippen LogP contribution in [0.5, 0.6) is 0 Å². The Morgan fingerprint density at radius 1 is 1.22 bits per heavy atom. The normalized spacial score (nSPS) is 19.4. The van der Waals surface area contributed by atoms with E-state index < -0.39 is 36.7 Å². The van der Waals surface area contributed by atoms with Gasteiger partial charge in [0.2, 0.25) is 0 Å². The van der Waals surface area contributed by atoms with E-state index in [2.05, 4.69) is 0 Å². The highest BCUT2D eigenvalue weighted by molar-refractivity contribution is 5.57. The molecule has 0 aromatic heterocycles. The fraction of sp³-hybridized carbons (Fsp3) is 0.909. The molecule has 0 bridgehead atoms. The summed E-state index contributed by atoms with van der Waals surface area (Å²) in [5, 5.41) is 37.1. The van der Waals surface area contributed by atoms with Crippen molar-refractivity contribution >= 4 is 6.29 Å². The van der Waals surface area contributed by atoms with Crippen LogP contribution in [-0.2, 0) is 9.53 Å². The van der Waals surface area contributed by atoms with Crippen LogP contribution in [0.3, 0.4) is 0 Å². The van der Waals surface area contributed by atoms with E-state index in [4.69, 9.17) is 9.84 Å². The number of aliphatic hydroxyl groups excluding tert-OH is 4. The molecule has 0 aliphatic rings. The lowest BCUT2D eigenvalue weighted by Gasteiger charge is -2.37. The Labute approximate surface area is 107 Å². The van der Waals surface area contributed by atoms with E-state index in [9.17, 15) is 20.1 Å². The van der Waals surface area contributed by atoms with Crippen molar-refractivity contribution in [2.75, 3.05) is 20.7 Å². The molecule has 0 aromatic carbocycles. The van der Waals surface area contributed by atoms with E-state index in [1.807, 2.05) is 0 Å². The van der Waals surface area contributed by atoms with Crippen molar-refractivity contribution in [2.24, 2.45) is 0 Å². The lowest BCUT2D eigenvalue weighted by atomic mass is 10.0. The van der Waals surface area contributed by atoms with Crippen molar-refractivity contribution in [2.45, 2.75) is 44.0 Å². The highest BCUT2D eigenvalue weighted by Gasteiger charge is 2.35. The van der Waals surface area contributed by atoms with Crippen LogP contribution in [0.1, 0.15) is 13.8 Å². The van der Waals surface area contributed by atoms with Crippen LogP contribution < -0.4 is 0 Å². The van der Waals surface area contributed by atoms with E-state index in [0.29, 0.717) is 6.29 Å². The Kier molecular flexibility index (Phi) is 6.90. The Morgan fingerprint density at radius 2 is 1.72 bits per heavy atom. The van der Waals surface area contributed by atoms with Gasteiger partial charge < -0.3 is 30.0 Å². The van der Waals surface area contributed by atoms with E-state index in [-0.39, 0.29) is 0 Å². The summed E-state index contributed by atoms with van der Waals surface area (Å²) in [5.41, 5.74) is -0.837. The van der Waals surface area contributed by atoms with E-state index in [0.717, 1.165) is 0 Å². The summed E-state index contributed by atoms with van der Waals surface area (Å²) in [6.45, 7) is 2.65. The molecule has 0 amide bonds. The second-order valence-corrected chi connectivity index (χ2v) is 4.79. The fourth-order valence-corrected chi connectivity index (χ4v) is 1.15. The van der Waals surface area contributed by atoms with Crippen LogP contribution in [0.15, 0.2) is 0 Å². The van der Waals surface area contributed by atoms with Crippen LogP contribution in [0, 0.1) is 0 Å². The van der Waals surface area contributed by atoms with Crippen molar-refractivity contribution in [3.63, 3.8) is 0 Å². The van der Waals surface area contributed by atoms with Gasteiger partial charge >= 0.3 is 0 Å². The molecule has 7 nitrogen and oxygen atoms in total. The Morgan fingerprint density at radius 3 is 2.06 bits per heavy atom. The maximum Gasteiger partial charge on any atom is 0.151 e. The molecular formula is C11H23NO6. The number of nitrogens with zero attached hydrogens (tertiary/aromatic N) is 1. The minimum atomic E-state index is -1.66. The van der Waals surface area contributed by atoms with Gasteiger partial charge in [-0.3, -0.25) is 4.90 Å². The van der Waals surface area contributed by atoms with Crippen molar-refractivity contribution in [3.05, 3.63) is 0 Å². The zero-order valence-electron chi connectivity index (χ0n) is 11.1. The van der Waals surface area contributed by atoms with Crippen LogP contribution in [0.25, 0.3) is 0 Å². The smallest absolute Gasteiger partial charge is 0.151 e. The summed E-state index contributed by atoms with van der Waals surface area (Å²) in [5.74, 6) is 0. The van der Waals surface area contributed by atoms with Gasteiger partial charge in [0.1, 0.15) is 30.1 Å².